The lowest BCUT2D eigenvalue weighted by molar-refractivity contribution is -0.240. The van der Waals surface area contributed by atoms with Crippen LogP contribution in [0.4, 0.5) is 0 Å². The van der Waals surface area contributed by atoms with Gasteiger partial charge in [-0.25, -0.2) is 5.06 Å². The molecular formula is C15H18N2O3. The third-order valence-corrected chi connectivity index (χ3v) is 4.44. The van der Waals surface area contributed by atoms with Crippen molar-refractivity contribution in [3.63, 3.8) is 0 Å². The number of carbonyl (C=O) groups is 1. The Kier molecular flexibility index (Phi) is 2.92. The molecule has 5 heteroatoms. The number of Topliss-reactive ketones (excluding diaryl/α,β-unsaturated/α-hetero) is 1. The van der Waals surface area contributed by atoms with Crippen LogP contribution in [-0.4, -0.2) is 38.3 Å². The molecule has 2 atom stereocenters. The Hall–Kier alpha value is -1.72. The lowest BCUT2D eigenvalue weighted by Crippen LogP contribution is -2.59. The molecule has 1 fully saturated rings. The molecule has 1 saturated carbocycles. The second kappa shape index (κ2) is 4.40. The van der Waals surface area contributed by atoms with Crippen LogP contribution in [-0.2, 0) is 0 Å². The van der Waals surface area contributed by atoms with Crippen molar-refractivity contribution < 1.29 is 15.1 Å². The molecule has 1 heterocycles. The molecule has 1 aliphatic carbocycles. The fraction of sp³-hybridized carbons (Fsp3) is 0.467. The van der Waals surface area contributed by atoms with Crippen molar-refractivity contribution in [3.8, 4) is 0 Å². The number of amidine groups is 1. The summed E-state index contributed by atoms with van der Waals surface area (Å²) in [5.74, 6) is -0.430. The van der Waals surface area contributed by atoms with Gasteiger partial charge in [-0.15, -0.1) is 0 Å². The number of hydroxylamine groups is 2. The summed E-state index contributed by atoms with van der Waals surface area (Å²) in [5, 5.41) is 21.7. The van der Waals surface area contributed by atoms with E-state index in [4.69, 9.17) is 0 Å². The van der Waals surface area contributed by atoms with Crippen LogP contribution in [0.2, 0.25) is 0 Å². The van der Waals surface area contributed by atoms with Crippen molar-refractivity contribution in [2.75, 3.05) is 0 Å². The average Bonchev–Trinajstić information content (AvgIpc) is 2.68. The van der Waals surface area contributed by atoms with E-state index in [1.807, 2.05) is 6.07 Å². The zero-order valence-corrected chi connectivity index (χ0v) is 11.4. The fourth-order valence-corrected chi connectivity index (χ4v) is 3.11. The molecule has 2 aliphatic rings. The minimum absolute atomic E-state index is 0.0666. The van der Waals surface area contributed by atoms with Gasteiger partial charge >= 0.3 is 0 Å². The predicted molar refractivity (Wildman–Crippen MR) is 73.7 cm³/mol. The summed E-state index contributed by atoms with van der Waals surface area (Å²) in [6.07, 6.45) is 2.82. The van der Waals surface area contributed by atoms with Crippen LogP contribution >= 0.6 is 0 Å². The molecule has 1 aromatic rings. The van der Waals surface area contributed by atoms with Crippen LogP contribution in [0.15, 0.2) is 35.3 Å². The zero-order chi connectivity index (χ0) is 14.4. The number of ketones is 1. The van der Waals surface area contributed by atoms with E-state index in [0.717, 1.165) is 12.8 Å². The topological polar surface area (TPSA) is 73.1 Å². The Morgan fingerprint density at radius 2 is 1.90 bits per heavy atom. The van der Waals surface area contributed by atoms with Crippen LogP contribution in [0.3, 0.4) is 0 Å². The molecule has 0 bridgehead atoms. The van der Waals surface area contributed by atoms with Gasteiger partial charge in [-0.2, -0.15) is 0 Å². The first-order chi connectivity index (χ1) is 9.48. The van der Waals surface area contributed by atoms with Crippen LogP contribution < -0.4 is 0 Å². The Balaban J connectivity index is 1.99. The van der Waals surface area contributed by atoms with E-state index in [0.29, 0.717) is 23.5 Å². The molecule has 0 spiro atoms. The fourth-order valence-electron chi connectivity index (χ4n) is 3.11. The largest absolute Gasteiger partial charge is 0.367 e. The van der Waals surface area contributed by atoms with Crippen LogP contribution in [0.5, 0.6) is 0 Å². The number of nitrogens with zero attached hydrogens (tertiary/aromatic N) is 2. The van der Waals surface area contributed by atoms with Crippen molar-refractivity contribution in [3.05, 3.63) is 35.9 Å². The zero-order valence-electron chi connectivity index (χ0n) is 11.4. The summed E-state index contributed by atoms with van der Waals surface area (Å²) in [6, 6.07) is 8.68. The number of rotatable bonds is 2. The molecule has 5 nitrogen and oxygen atoms in total. The first kappa shape index (κ1) is 13.3. The molecule has 0 amide bonds. The second-order valence-electron chi connectivity index (χ2n) is 5.74. The highest BCUT2D eigenvalue weighted by molar-refractivity contribution is 6.45. The predicted octanol–water partition coefficient (Wildman–Crippen LogP) is 1.99. The van der Waals surface area contributed by atoms with E-state index in [9.17, 15) is 15.1 Å². The molecule has 3 rings (SSSR count). The Bertz CT molecular complexity index is 572. The summed E-state index contributed by atoms with van der Waals surface area (Å²) in [6.45, 7) is 1.79. The highest BCUT2D eigenvalue weighted by Gasteiger charge is 2.59. The average molecular weight is 274 g/mol. The quantitative estimate of drug-likeness (QED) is 0.809. The smallest absolute Gasteiger partial charge is 0.230 e. The van der Waals surface area contributed by atoms with E-state index < -0.39 is 11.3 Å². The van der Waals surface area contributed by atoms with Gasteiger partial charge in [-0.05, 0) is 26.2 Å². The van der Waals surface area contributed by atoms with Gasteiger partial charge in [-0.3, -0.25) is 15.0 Å². The van der Waals surface area contributed by atoms with Crippen LogP contribution in [0, 0.1) is 0 Å². The van der Waals surface area contributed by atoms with Gasteiger partial charge in [0.15, 0.2) is 11.6 Å². The van der Waals surface area contributed by atoms with E-state index in [-0.39, 0.29) is 11.6 Å². The van der Waals surface area contributed by atoms with Crippen molar-refractivity contribution in [2.45, 2.75) is 43.9 Å². The van der Waals surface area contributed by atoms with E-state index in [2.05, 4.69) is 4.99 Å². The maximum absolute atomic E-state index is 12.4. The molecule has 20 heavy (non-hydrogen) atoms. The number of hydrogen-bond acceptors (Lipinski definition) is 5. The minimum atomic E-state index is -1.47. The lowest BCUT2D eigenvalue weighted by atomic mass is 9.77. The summed E-state index contributed by atoms with van der Waals surface area (Å²) < 4.78 is 0. The molecule has 0 radical (unpaired) electrons. The van der Waals surface area contributed by atoms with Gasteiger partial charge < -0.3 is 5.11 Å². The van der Waals surface area contributed by atoms with Crippen LogP contribution in [0.1, 0.15) is 43.0 Å². The SMILES string of the molecule is CC12CCCCC1(O)N(O)C(C(=O)c1ccccc1)=N2. The van der Waals surface area contributed by atoms with E-state index >= 15 is 0 Å². The number of benzene rings is 1. The number of carbonyl (C=O) groups excluding carboxylic acids is 1. The van der Waals surface area contributed by atoms with Gasteiger partial charge in [0.2, 0.25) is 5.78 Å². The highest BCUT2D eigenvalue weighted by atomic mass is 16.6. The van der Waals surface area contributed by atoms with Gasteiger partial charge in [0.05, 0.1) is 0 Å². The number of hydrogen-bond donors (Lipinski definition) is 2. The third-order valence-electron chi connectivity index (χ3n) is 4.44. The van der Waals surface area contributed by atoms with Gasteiger partial charge in [0, 0.05) is 5.56 Å². The third kappa shape index (κ3) is 1.70. The monoisotopic (exact) mass is 274 g/mol. The maximum atomic E-state index is 12.4. The Morgan fingerprint density at radius 3 is 2.55 bits per heavy atom. The molecular weight excluding hydrogens is 256 g/mol. The summed E-state index contributed by atoms with van der Waals surface area (Å²) in [7, 11) is 0. The molecule has 106 valence electrons. The Morgan fingerprint density at radius 1 is 1.25 bits per heavy atom. The summed E-state index contributed by atoms with van der Waals surface area (Å²) in [5.41, 5.74) is -1.83. The van der Waals surface area contributed by atoms with E-state index in [1.165, 1.54) is 0 Å². The van der Waals surface area contributed by atoms with Gasteiger partial charge in [0.1, 0.15) is 5.54 Å². The maximum Gasteiger partial charge on any atom is 0.230 e. The summed E-state index contributed by atoms with van der Waals surface area (Å²) >= 11 is 0. The Labute approximate surface area is 117 Å². The summed E-state index contributed by atoms with van der Waals surface area (Å²) in [4.78, 5) is 16.8. The molecule has 2 N–H and O–H groups in total. The van der Waals surface area contributed by atoms with Crippen molar-refractivity contribution >= 4 is 11.6 Å². The normalized spacial score (nSPS) is 32.8. The van der Waals surface area contributed by atoms with Gasteiger partial charge in [-0.1, -0.05) is 36.8 Å². The number of aliphatic hydroxyl groups is 1. The highest BCUT2D eigenvalue weighted by Crippen LogP contribution is 2.46. The molecule has 1 aromatic carbocycles. The molecule has 0 aromatic heterocycles. The molecule has 2 unspecified atom stereocenters. The molecule has 1 aliphatic heterocycles. The standard InChI is InChI=1S/C15H18N2O3/c1-14-9-5-6-10-15(14,19)17(20)13(16-14)12(18)11-7-3-2-4-8-11/h2-4,7-8,19-20H,5-6,9-10H2,1H3. The second-order valence-corrected chi connectivity index (χ2v) is 5.74. The number of aliphatic imine (C=N–C) groups is 1. The van der Waals surface area contributed by atoms with Crippen molar-refractivity contribution in [2.24, 2.45) is 4.99 Å². The van der Waals surface area contributed by atoms with Crippen molar-refractivity contribution in [1.82, 2.24) is 5.06 Å². The first-order valence-corrected chi connectivity index (χ1v) is 6.89. The number of fused-ring (bicyclic) bond motifs is 1. The van der Waals surface area contributed by atoms with Crippen LogP contribution in [0.25, 0.3) is 0 Å². The lowest BCUT2D eigenvalue weighted by Gasteiger charge is -2.43. The first-order valence-electron chi connectivity index (χ1n) is 6.89. The molecule has 0 saturated heterocycles. The van der Waals surface area contributed by atoms with Gasteiger partial charge in [0.25, 0.3) is 0 Å². The van der Waals surface area contributed by atoms with E-state index in [1.54, 1.807) is 31.2 Å². The van der Waals surface area contributed by atoms with Crippen molar-refractivity contribution in [1.29, 1.82) is 0 Å². The minimum Gasteiger partial charge on any atom is -0.367 e.